The molecule has 1 fully saturated rings. The van der Waals surface area contributed by atoms with Crippen LogP contribution in [0.2, 0.25) is 0 Å². The quantitative estimate of drug-likeness (QED) is 0.913. The Labute approximate surface area is 112 Å². The van der Waals surface area contributed by atoms with E-state index in [9.17, 15) is 0 Å². The van der Waals surface area contributed by atoms with Gasteiger partial charge in [-0.15, -0.1) is 0 Å². The van der Waals surface area contributed by atoms with E-state index in [1.54, 1.807) is 0 Å². The van der Waals surface area contributed by atoms with Gasteiger partial charge in [0.15, 0.2) is 0 Å². The first-order valence-electron chi connectivity index (χ1n) is 6.57. The van der Waals surface area contributed by atoms with Crippen LogP contribution in [0.25, 0.3) is 10.9 Å². The summed E-state index contributed by atoms with van der Waals surface area (Å²) in [6.07, 6.45) is 4.26. The summed E-state index contributed by atoms with van der Waals surface area (Å²) in [5.74, 6) is 2.58. The largest absolute Gasteiger partial charge is 0.313 e. The predicted octanol–water partition coefficient (Wildman–Crippen LogP) is 2.87. The lowest BCUT2D eigenvalue weighted by molar-refractivity contribution is 0.561. The van der Waals surface area contributed by atoms with Gasteiger partial charge in [-0.2, -0.15) is 11.8 Å². The lowest BCUT2D eigenvalue weighted by Crippen LogP contribution is -2.30. The van der Waals surface area contributed by atoms with E-state index in [4.69, 9.17) is 0 Å². The van der Waals surface area contributed by atoms with E-state index < -0.39 is 0 Å². The standard InChI is InChI=1S/C15H18N2S/c1-3-12-5-2-8-17-15(12)13(4-1)6-9-16-14-7-10-18-11-14/h1-5,8,14,16H,6-7,9-11H2. The third-order valence-electron chi connectivity index (χ3n) is 3.47. The molecular formula is C15H18N2S. The lowest BCUT2D eigenvalue weighted by Gasteiger charge is -2.11. The first-order chi connectivity index (χ1) is 8.93. The van der Waals surface area contributed by atoms with Crippen molar-refractivity contribution < 1.29 is 0 Å². The summed E-state index contributed by atoms with van der Waals surface area (Å²) < 4.78 is 0. The topological polar surface area (TPSA) is 24.9 Å². The van der Waals surface area contributed by atoms with Gasteiger partial charge in [-0.3, -0.25) is 4.98 Å². The third-order valence-corrected chi connectivity index (χ3v) is 4.64. The molecule has 1 aromatic heterocycles. The maximum absolute atomic E-state index is 4.50. The fourth-order valence-electron chi connectivity index (χ4n) is 2.48. The number of hydrogen-bond donors (Lipinski definition) is 1. The van der Waals surface area contributed by atoms with Gasteiger partial charge in [-0.1, -0.05) is 24.3 Å². The van der Waals surface area contributed by atoms with Crippen molar-refractivity contribution in [2.24, 2.45) is 0 Å². The second-order valence-electron chi connectivity index (χ2n) is 4.76. The lowest BCUT2D eigenvalue weighted by atomic mass is 10.1. The molecule has 2 heterocycles. The number of aromatic nitrogens is 1. The molecule has 18 heavy (non-hydrogen) atoms. The van der Waals surface area contributed by atoms with E-state index >= 15 is 0 Å². The molecule has 0 bridgehead atoms. The van der Waals surface area contributed by atoms with E-state index in [0.29, 0.717) is 0 Å². The second-order valence-corrected chi connectivity index (χ2v) is 5.91. The van der Waals surface area contributed by atoms with Gasteiger partial charge in [-0.05, 0) is 36.8 Å². The Hall–Kier alpha value is -1.06. The number of nitrogens with one attached hydrogen (secondary N) is 1. The normalized spacial score (nSPS) is 19.4. The molecule has 1 N–H and O–H groups in total. The summed E-state index contributed by atoms with van der Waals surface area (Å²) in [5.41, 5.74) is 2.51. The highest BCUT2D eigenvalue weighted by Crippen LogP contribution is 2.18. The van der Waals surface area contributed by atoms with E-state index in [0.717, 1.165) is 24.5 Å². The summed E-state index contributed by atoms with van der Waals surface area (Å²) >= 11 is 2.06. The zero-order valence-electron chi connectivity index (χ0n) is 10.4. The minimum Gasteiger partial charge on any atom is -0.313 e. The van der Waals surface area contributed by atoms with Crippen molar-refractivity contribution in [1.29, 1.82) is 0 Å². The van der Waals surface area contributed by atoms with E-state index in [-0.39, 0.29) is 0 Å². The van der Waals surface area contributed by atoms with Crippen LogP contribution in [0.1, 0.15) is 12.0 Å². The molecule has 94 valence electrons. The molecule has 0 spiro atoms. The smallest absolute Gasteiger partial charge is 0.0734 e. The van der Waals surface area contributed by atoms with Gasteiger partial charge in [0.2, 0.25) is 0 Å². The first kappa shape index (κ1) is 12.0. The van der Waals surface area contributed by atoms with Crippen LogP contribution < -0.4 is 5.32 Å². The van der Waals surface area contributed by atoms with E-state index in [2.05, 4.69) is 46.3 Å². The summed E-state index contributed by atoms with van der Waals surface area (Å²) in [6.45, 7) is 1.06. The van der Waals surface area contributed by atoms with Gasteiger partial charge in [0.25, 0.3) is 0 Å². The first-order valence-corrected chi connectivity index (χ1v) is 7.73. The summed E-state index contributed by atoms with van der Waals surface area (Å²) in [6, 6.07) is 11.3. The molecule has 1 aromatic carbocycles. The van der Waals surface area contributed by atoms with Crippen molar-refractivity contribution in [3.05, 3.63) is 42.1 Å². The SMILES string of the molecule is c1cnc2c(CCNC3CCSC3)cccc2c1. The Morgan fingerprint density at radius 3 is 3.11 bits per heavy atom. The van der Waals surface area contributed by atoms with Crippen molar-refractivity contribution >= 4 is 22.7 Å². The Morgan fingerprint density at radius 2 is 2.22 bits per heavy atom. The van der Waals surface area contributed by atoms with Gasteiger partial charge in [0, 0.05) is 23.4 Å². The summed E-state index contributed by atoms with van der Waals surface area (Å²) in [5, 5.41) is 4.89. The van der Waals surface area contributed by atoms with Crippen LogP contribution in [0.4, 0.5) is 0 Å². The van der Waals surface area contributed by atoms with Gasteiger partial charge in [0.05, 0.1) is 5.52 Å². The van der Waals surface area contributed by atoms with Crippen LogP contribution in [0.5, 0.6) is 0 Å². The summed E-state index contributed by atoms with van der Waals surface area (Å²) in [7, 11) is 0. The highest BCUT2D eigenvalue weighted by Gasteiger charge is 2.14. The molecule has 2 nitrogen and oxygen atoms in total. The molecule has 1 unspecified atom stereocenters. The predicted molar refractivity (Wildman–Crippen MR) is 79.2 cm³/mol. The van der Waals surface area contributed by atoms with Gasteiger partial charge < -0.3 is 5.32 Å². The highest BCUT2D eigenvalue weighted by molar-refractivity contribution is 7.99. The average molecular weight is 258 g/mol. The van der Waals surface area contributed by atoms with Crippen LogP contribution in [-0.4, -0.2) is 29.1 Å². The van der Waals surface area contributed by atoms with Crippen molar-refractivity contribution in [1.82, 2.24) is 10.3 Å². The molecule has 3 rings (SSSR count). The molecule has 1 aliphatic rings. The number of thioether (sulfide) groups is 1. The second kappa shape index (κ2) is 5.72. The molecule has 0 aliphatic carbocycles. The van der Waals surface area contributed by atoms with Crippen LogP contribution >= 0.6 is 11.8 Å². The average Bonchev–Trinajstić information content (AvgIpc) is 2.92. The third kappa shape index (κ3) is 2.68. The maximum atomic E-state index is 4.50. The van der Waals surface area contributed by atoms with Gasteiger partial charge in [0.1, 0.15) is 0 Å². The molecule has 0 saturated carbocycles. The summed E-state index contributed by atoms with van der Waals surface area (Å²) in [4.78, 5) is 4.50. The number of nitrogens with zero attached hydrogens (tertiary/aromatic N) is 1. The zero-order valence-corrected chi connectivity index (χ0v) is 11.2. The van der Waals surface area contributed by atoms with Crippen molar-refractivity contribution in [2.45, 2.75) is 18.9 Å². The van der Waals surface area contributed by atoms with Crippen molar-refractivity contribution in [3.8, 4) is 0 Å². The molecular weight excluding hydrogens is 240 g/mol. The minimum absolute atomic E-state index is 0.720. The Balaban J connectivity index is 1.66. The van der Waals surface area contributed by atoms with Crippen LogP contribution in [0, 0.1) is 0 Å². The van der Waals surface area contributed by atoms with Crippen molar-refractivity contribution in [2.75, 3.05) is 18.1 Å². The molecule has 3 heteroatoms. The molecule has 0 radical (unpaired) electrons. The Kier molecular flexibility index (Phi) is 3.81. The Morgan fingerprint density at radius 1 is 1.28 bits per heavy atom. The molecule has 1 saturated heterocycles. The number of pyridine rings is 1. The number of benzene rings is 1. The highest BCUT2D eigenvalue weighted by atomic mass is 32.2. The molecule has 1 aliphatic heterocycles. The molecule has 2 aromatic rings. The van der Waals surface area contributed by atoms with Crippen LogP contribution in [0.15, 0.2) is 36.5 Å². The van der Waals surface area contributed by atoms with E-state index in [1.807, 2.05) is 12.3 Å². The molecule has 0 amide bonds. The zero-order chi connectivity index (χ0) is 12.2. The van der Waals surface area contributed by atoms with E-state index in [1.165, 1.54) is 28.9 Å². The van der Waals surface area contributed by atoms with Crippen molar-refractivity contribution in [3.63, 3.8) is 0 Å². The number of hydrogen-bond acceptors (Lipinski definition) is 3. The number of fused-ring (bicyclic) bond motifs is 1. The minimum atomic E-state index is 0.720. The fraction of sp³-hybridized carbons (Fsp3) is 0.400. The van der Waals surface area contributed by atoms with Crippen LogP contribution in [0.3, 0.4) is 0 Å². The van der Waals surface area contributed by atoms with Crippen LogP contribution in [-0.2, 0) is 6.42 Å². The maximum Gasteiger partial charge on any atom is 0.0734 e. The molecule has 1 atom stereocenters. The number of rotatable bonds is 4. The Bertz CT molecular complexity index is 515. The van der Waals surface area contributed by atoms with Gasteiger partial charge in [-0.25, -0.2) is 0 Å². The number of para-hydroxylation sites is 1. The van der Waals surface area contributed by atoms with Gasteiger partial charge >= 0.3 is 0 Å². The fourth-order valence-corrected chi connectivity index (χ4v) is 3.66. The monoisotopic (exact) mass is 258 g/mol.